The summed E-state index contributed by atoms with van der Waals surface area (Å²) in [6, 6.07) is 7.88. The van der Waals surface area contributed by atoms with Gasteiger partial charge in [-0.25, -0.2) is 4.98 Å². The van der Waals surface area contributed by atoms with Crippen LogP contribution in [0.25, 0.3) is 11.1 Å². The van der Waals surface area contributed by atoms with Gasteiger partial charge in [-0.2, -0.15) is 0 Å². The Bertz CT molecular complexity index is 647. The summed E-state index contributed by atoms with van der Waals surface area (Å²) in [6.45, 7) is 2.02. The molecule has 2 N–H and O–H groups in total. The van der Waals surface area contributed by atoms with Gasteiger partial charge < -0.3 is 5.73 Å². The summed E-state index contributed by atoms with van der Waals surface area (Å²) in [7, 11) is 0. The minimum Gasteiger partial charge on any atom is -0.384 e. The van der Waals surface area contributed by atoms with Crippen molar-refractivity contribution in [1.82, 2.24) is 4.98 Å². The highest BCUT2D eigenvalue weighted by Crippen LogP contribution is 2.29. The van der Waals surface area contributed by atoms with E-state index in [0.717, 1.165) is 34.2 Å². The number of pyridine rings is 1. The number of benzene rings is 1. The highest BCUT2D eigenvalue weighted by atomic mass is 16.1. The minimum absolute atomic E-state index is 0.253. The zero-order chi connectivity index (χ0) is 12.7. The molecule has 18 heavy (non-hydrogen) atoms. The second-order valence-electron chi connectivity index (χ2n) is 4.72. The smallest absolute Gasteiger partial charge is 0.163 e. The molecule has 90 valence electrons. The van der Waals surface area contributed by atoms with Gasteiger partial charge in [0.15, 0.2) is 5.78 Å². The maximum atomic E-state index is 11.6. The Kier molecular flexibility index (Phi) is 2.40. The summed E-state index contributed by atoms with van der Waals surface area (Å²) in [6.07, 6.45) is 3.28. The number of anilines is 1. The van der Waals surface area contributed by atoms with Gasteiger partial charge in [-0.05, 0) is 36.1 Å². The zero-order valence-electron chi connectivity index (χ0n) is 10.2. The molecular weight excluding hydrogens is 224 g/mol. The zero-order valence-corrected chi connectivity index (χ0v) is 10.2. The largest absolute Gasteiger partial charge is 0.384 e. The van der Waals surface area contributed by atoms with Crippen LogP contribution in [0.5, 0.6) is 0 Å². The number of Topliss-reactive ketones (excluding diaryl/α,β-unsaturated/α-hetero) is 1. The van der Waals surface area contributed by atoms with Crippen LogP contribution >= 0.6 is 0 Å². The van der Waals surface area contributed by atoms with Crippen molar-refractivity contribution in [3.05, 3.63) is 47.2 Å². The van der Waals surface area contributed by atoms with Crippen molar-refractivity contribution < 1.29 is 4.79 Å². The predicted molar refractivity (Wildman–Crippen MR) is 71.5 cm³/mol. The normalized spacial score (nSPS) is 13.7. The number of nitrogens with zero attached hydrogens (tertiary/aromatic N) is 1. The fourth-order valence-electron chi connectivity index (χ4n) is 2.50. The van der Waals surface area contributed by atoms with E-state index in [4.69, 9.17) is 5.73 Å². The van der Waals surface area contributed by atoms with E-state index in [1.54, 1.807) is 6.20 Å². The minimum atomic E-state index is 0.253. The molecule has 1 aromatic heterocycles. The number of nitrogens with two attached hydrogens (primary N) is 1. The summed E-state index contributed by atoms with van der Waals surface area (Å²) in [5.74, 6) is 0.788. The van der Waals surface area contributed by atoms with Crippen LogP contribution in [0.4, 0.5) is 5.82 Å². The Morgan fingerprint density at radius 1 is 1.17 bits per heavy atom. The number of carbonyl (C=O) groups excluding carboxylic acids is 1. The quantitative estimate of drug-likeness (QED) is 0.831. The first kappa shape index (κ1) is 11.0. The lowest BCUT2D eigenvalue weighted by atomic mass is 9.99. The molecule has 0 atom stereocenters. The number of nitrogen functional groups attached to an aromatic ring is 1. The van der Waals surface area contributed by atoms with Crippen LogP contribution in [0.2, 0.25) is 0 Å². The molecule has 2 aromatic rings. The van der Waals surface area contributed by atoms with E-state index in [2.05, 4.69) is 11.1 Å². The van der Waals surface area contributed by atoms with Gasteiger partial charge in [0.05, 0.1) is 0 Å². The lowest BCUT2D eigenvalue weighted by Crippen LogP contribution is -1.94. The van der Waals surface area contributed by atoms with Gasteiger partial charge in [0, 0.05) is 23.7 Å². The summed E-state index contributed by atoms with van der Waals surface area (Å²) in [5.41, 5.74) is 11.0. The van der Waals surface area contributed by atoms with E-state index >= 15 is 0 Å². The van der Waals surface area contributed by atoms with E-state index in [9.17, 15) is 4.79 Å². The van der Waals surface area contributed by atoms with Gasteiger partial charge >= 0.3 is 0 Å². The molecule has 3 rings (SSSR count). The third-order valence-electron chi connectivity index (χ3n) is 3.47. The molecule has 0 unspecified atom stereocenters. The van der Waals surface area contributed by atoms with Crippen molar-refractivity contribution in [2.75, 3.05) is 5.73 Å². The molecule has 0 saturated carbocycles. The van der Waals surface area contributed by atoms with Gasteiger partial charge in [-0.3, -0.25) is 4.79 Å². The number of rotatable bonds is 1. The van der Waals surface area contributed by atoms with Crippen molar-refractivity contribution in [2.24, 2.45) is 0 Å². The summed E-state index contributed by atoms with van der Waals surface area (Å²) in [5, 5.41) is 0. The maximum absolute atomic E-state index is 11.6. The predicted octanol–water partition coefficient (Wildman–Crippen LogP) is 2.77. The first-order chi connectivity index (χ1) is 8.65. The topological polar surface area (TPSA) is 56.0 Å². The van der Waals surface area contributed by atoms with E-state index in [1.165, 1.54) is 0 Å². The van der Waals surface area contributed by atoms with E-state index in [0.29, 0.717) is 12.2 Å². The van der Waals surface area contributed by atoms with Crippen LogP contribution in [0.1, 0.15) is 27.9 Å². The van der Waals surface area contributed by atoms with Crippen molar-refractivity contribution in [3.63, 3.8) is 0 Å². The highest BCUT2D eigenvalue weighted by Gasteiger charge is 2.19. The SMILES string of the molecule is Cc1cc(N)ncc1-c1ccc2c(c1)CCC2=O. The molecule has 0 bridgehead atoms. The second kappa shape index (κ2) is 3.95. The highest BCUT2D eigenvalue weighted by molar-refractivity contribution is 6.01. The van der Waals surface area contributed by atoms with Crippen LogP contribution < -0.4 is 5.73 Å². The van der Waals surface area contributed by atoms with Crippen molar-refractivity contribution in [2.45, 2.75) is 19.8 Å². The molecule has 0 saturated heterocycles. The number of aromatic nitrogens is 1. The van der Waals surface area contributed by atoms with E-state index in [1.807, 2.05) is 25.1 Å². The Morgan fingerprint density at radius 2 is 2.00 bits per heavy atom. The first-order valence-electron chi connectivity index (χ1n) is 6.04. The summed E-state index contributed by atoms with van der Waals surface area (Å²) >= 11 is 0. The lowest BCUT2D eigenvalue weighted by Gasteiger charge is -2.08. The Morgan fingerprint density at radius 3 is 2.78 bits per heavy atom. The molecule has 3 nitrogen and oxygen atoms in total. The molecule has 0 aliphatic heterocycles. The van der Waals surface area contributed by atoms with Gasteiger partial charge in [-0.15, -0.1) is 0 Å². The standard InChI is InChI=1S/C15H14N2O/c1-9-6-15(16)17-8-13(9)11-2-4-12-10(7-11)3-5-14(12)18/h2,4,6-8H,3,5H2,1H3,(H2,16,17). The molecule has 0 radical (unpaired) electrons. The number of fused-ring (bicyclic) bond motifs is 1. The number of hydrogen-bond donors (Lipinski definition) is 1. The van der Waals surface area contributed by atoms with Gasteiger partial charge in [0.25, 0.3) is 0 Å². The van der Waals surface area contributed by atoms with E-state index < -0.39 is 0 Å². The molecule has 1 aliphatic carbocycles. The molecule has 0 amide bonds. The fraction of sp³-hybridized carbons (Fsp3) is 0.200. The first-order valence-corrected chi connectivity index (χ1v) is 6.04. The molecule has 1 aliphatic rings. The molecule has 1 aromatic carbocycles. The van der Waals surface area contributed by atoms with Gasteiger partial charge in [0.1, 0.15) is 5.82 Å². The molecule has 1 heterocycles. The third kappa shape index (κ3) is 1.68. The number of hydrogen-bond acceptors (Lipinski definition) is 3. The molecule has 0 spiro atoms. The Labute approximate surface area is 106 Å². The van der Waals surface area contributed by atoms with Crippen LogP contribution in [-0.4, -0.2) is 10.8 Å². The Hall–Kier alpha value is -2.16. The average molecular weight is 238 g/mol. The molecule has 3 heteroatoms. The third-order valence-corrected chi connectivity index (χ3v) is 3.47. The number of ketones is 1. The summed E-state index contributed by atoms with van der Waals surface area (Å²) in [4.78, 5) is 15.7. The lowest BCUT2D eigenvalue weighted by molar-refractivity contribution is 0.0994. The number of carbonyl (C=O) groups is 1. The molecule has 0 fully saturated rings. The second-order valence-corrected chi connectivity index (χ2v) is 4.72. The molecular formula is C15H14N2O. The number of aryl methyl sites for hydroxylation is 2. The van der Waals surface area contributed by atoms with Crippen LogP contribution in [0, 0.1) is 6.92 Å². The van der Waals surface area contributed by atoms with Crippen LogP contribution in [0.3, 0.4) is 0 Å². The van der Waals surface area contributed by atoms with Crippen LogP contribution in [-0.2, 0) is 6.42 Å². The van der Waals surface area contributed by atoms with Crippen LogP contribution in [0.15, 0.2) is 30.5 Å². The van der Waals surface area contributed by atoms with Gasteiger partial charge in [0.2, 0.25) is 0 Å². The summed E-state index contributed by atoms with van der Waals surface area (Å²) < 4.78 is 0. The maximum Gasteiger partial charge on any atom is 0.163 e. The Balaban J connectivity index is 2.10. The fourth-order valence-corrected chi connectivity index (χ4v) is 2.50. The van der Waals surface area contributed by atoms with Gasteiger partial charge in [-0.1, -0.05) is 18.2 Å². The van der Waals surface area contributed by atoms with Crippen molar-refractivity contribution in [1.29, 1.82) is 0 Å². The van der Waals surface area contributed by atoms with Crippen molar-refractivity contribution in [3.8, 4) is 11.1 Å². The average Bonchev–Trinajstić information content (AvgIpc) is 2.71. The monoisotopic (exact) mass is 238 g/mol. The van der Waals surface area contributed by atoms with E-state index in [-0.39, 0.29) is 5.78 Å². The van der Waals surface area contributed by atoms with Crippen molar-refractivity contribution >= 4 is 11.6 Å².